The van der Waals surface area contributed by atoms with Gasteiger partial charge in [0.15, 0.2) is 5.78 Å². The van der Waals surface area contributed by atoms with Gasteiger partial charge < -0.3 is 0 Å². The summed E-state index contributed by atoms with van der Waals surface area (Å²) in [5.74, 6) is -0.197. The lowest BCUT2D eigenvalue weighted by molar-refractivity contribution is -0.385. The van der Waals surface area contributed by atoms with E-state index in [4.69, 9.17) is 0 Å². The molecule has 4 nitrogen and oxygen atoms in total. The summed E-state index contributed by atoms with van der Waals surface area (Å²) < 4.78 is 0. The average molecular weight is 241 g/mol. The summed E-state index contributed by atoms with van der Waals surface area (Å²) >= 11 is 0. The van der Waals surface area contributed by atoms with E-state index in [1.807, 2.05) is 6.07 Å². The Kier molecular flexibility index (Phi) is 3.19. The molecule has 18 heavy (non-hydrogen) atoms. The third-order valence-electron chi connectivity index (χ3n) is 2.78. The summed E-state index contributed by atoms with van der Waals surface area (Å²) in [5.41, 5.74) is 1.27. The Morgan fingerprint density at radius 1 is 1.06 bits per heavy atom. The van der Waals surface area contributed by atoms with E-state index in [0.29, 0.717) is 16.7 Å². The monoisotopic (exact) mass is 241 g/mol. The van der Waals surface area contributed by atoms with Crippen LogP contribution in [0, 0.1) is 17.0 Å². The Hall–Kier alpha value is -2.49. The predicted octanol–water partition coefficient (Wildman–Crippen LogP) is 3.13. The Bertz CT molecular complexity index is 606. The molecule has 2 rings (SSSR count). The molecule has 0 N–H and O–H groups in total. The SMILES string of the molecule is Cc1c(C(=O)c2ccccc2)cccc1[N+](=O)[O-]. The molecule has 0 saturated carbocycles. The van der Waals surface area contributed by atoms with Crippen LogP contribution in [0.2, 0.25) is 0 Å². The van der Waals surface area contributed by atoms with Crippen LogP contribution in [0.5, 0.6) is 0 Å². The van der Waals surface area contributed by atoms with E-state index in [1.54, 1.807) is 37.3 Å². The van der Waals surface area contributed by atoms with Crippen LogP contribution in [0.3, 0.4) is 0 Å². The minimum atomic E-state index is -0.475. The standard InChI is InChI=1S/C14H11NO3/c1-10-12(8-5-9-13(10)15(17)18)14(16)11-6-3-2-4-7-11/h2-9H,1H3. The maximum absolute atomic E-state index is 12.2. The molecule has 0 aliphatic heterocycles. The summed E-state index contributed by atoms with van der Waals surface area (Å²) in [6, 6.07) is 13.3. The van der Waals surface area contributed by atoms with E-state index in [-0.39, 0.29) is 11.5 Å². The molecule has 0 heterocycles. The molecule has 0 bridgehead atoms. The lowest BCUT2D eigenvalue weighted by atomic mass is 9.98. The molecule has 0 radical (unpaired) electrons. The molecule has 0 aliphatic carbocycles. The number of benzene rings is 2. The van der Waals surface area contributed by atoms with Gasteiger partial charge in [-0.1, -0.05) is 42.5 Å². The first-order chi connectivity index (χ1) is 8.61. The zero-order chi connectivity index (χ0) is 13.1. The Balaban J connectivity index is 2.50. The van der Waals surface area contributed by atoms with Crippen LogP contribution in [0.25, 0.3) is 0 Å². The molecule has 4 heteroatoms. The highest BCUT2D eigenvalue weighted by atomic mass is 16.6. The van der Waals surface area contributed by atoms with Gasteiger partial charge in [0.05, 0.1) is 4.92 Å². The quantitative estimate of drug-likeness (QED) is 0.471. The van der Waals surface area contributed by atoms with Gasteiger partial charge in [-0.05, 0) is 6.92 Å². The van der Waals surface area contributed by atoms with Gasteiger partial charge in [0.2, 0.25) is 0 Å². The molecule has 0 fully saturated rings. The van der Waals surface area contributed by atoms with E-state index in [2.05, 4.69) is 0 Å². The first kappa shape index (κ1) is 12.0. The van der Waals surface area contributed by atoms with E-state index < -0.39 is 4.92 Å². The summed E-state index contributed by atoms with van der Waals surface area (Å²) in [6.45, 7) is 1.59. The number of carbonyl (C=O) groups is 1. The van der Waals surface area contributed by atoms with Gasteiger partial charge >= 0.3 is 0 Å². The van der Waals surface area contributed by atoms with Gasteiger partial charge in [0, 0.05) is 22.8 Å². The van der Waals surface area contributed by atoms with Crippen LogP contribution in [0.4, 0.5) is 5.69 Å². The van der Waals surface area contributed by atoms with Crippen molar-refractivity contribution < 1.29 is 9.72 Å². The highest BCUT2D eigenvalue weighted by Gasteiger charge is 2.18. The predicted molar refractivity (Wildman–Crippen MR) is 67.7 cm³/mol. The highest BCUT2D eigenvalue weighted by molar-refractivity contribution is 6.10. The molecule has 0 aromatic heterocycles. The van der Waals surface area contributed by atoms with Crippen molar-refractivity contribution in [2.24, 2.45) is 0 Å². The number of nitrogens with zero attached hydrogens (tertiary/aromatic N) is 1. The van der Waals surface area contributed by atoms with E-state index in [0.717, 1.165) is 0 Å². The van der Waals surface area contributed by atoms with Crippen LogP contribution in [-0.2, 0) is 0 Å². The zero-order valence-corrected chi connectivity index (χ0v) is 9.79. The van der Waals surface area contributed by atoms with Gasteiger partial charge in [-0.25, -0.2) is 0 Å². The molecule has 0 atom stereocenters. The number of hydrogen-bond acceptors (Lipinski definition) is 3. The van der Waals surface area contributed by atoms with Gasteiger partial charge in [-0.3, -0.25) is 14.9 Å². The summed E-state index contributed by atoms with van der Waals surface area (Å²) in [5, 5.41) is 10.8. The van der Waals surface area contributed by atoms with Crippen molar-refractivity contribution in [1.82, 2.24) is 0 Å². The minimum absolute atomic E-state index is 0.0308. The Morgan fingerprint density at radius 3 is 2.33 bits per heavy atom. The topological polar surface area (TPSA) is 60.2 Å². The van der Waals surface area contributed by atoms with Gasteiger partial charge in [-0.15, -0.1) is 0 Å². The second-order valence-corrected chi connectivity index (χ2v) is 3.90. The Labute approximate surface area is 104 Å². The lowest BCUT2D eigenvalue weighted by Crippen LogP contribution is -2.05. The van der Waals surface area contributed by atoms with Gasteiger partial charge in [0.25, 0.3) is 5.69 Å². The second-order valence-electron chi connectivity index (χ2n) is 3.90. The number of rotatable bonds is 3. The summed E-state index contributed by atoms with van der Waals surface area (Å²) in [6.07, 6.45) is 0. The van der Waals surface area contributed by atoms with Crippen LogP contribution < -0.4 is 0 Å². The van der Waals surface area contributed by atoms with Crippen molar-refractivity contribution in [2.45, 2.75) is 6.92 Å². The third-order valence-corrected chi connectivity index (χ3v) is 2.78. The molecular formula is C14H11NO3. The number of carbonyl (C=O) groups excluding carboxylic acids is 1. The van der Waals surface area contributed by atoms with Crippen molar-refractivity contribution in [1.29, 1.82) is 0 Å². The van der Waals surface area contributed by atoms with E-state index >= 15 is 0 Å². The number of hydrogen-bond donors (Lipinski definition) is 0. The van der Waals surface area contributed by atoms with Gasteiger partial charge in [-0.2, -0.15) is 0 Å². The Morgan fingerprint density at radius 2 is 1.72 bits per heavy atom. The van der Waals surface area contributed by atoms with E-state index in [1.165, 1.54) is 12.1 Å². The largest absolute Gasteiger partial charge is 0.289 e. The minimum Gasteiger partial charge on any atom is -0.289 e. The van der Waals surface area contributed by atoms with Crippen molar-refractivity contribution in [3.63, 3.8) is 0 Å². The first-order valence-electron chi connectivity index (χ1n) is 5.45. The number of ketones is 1. The lowest BCUT2D eigenvalue weighted by Gasteiger charge is -2.05. The molecule has 90 valence electrons. The molecule has 0 spiro atoms. The second kappa shape index (κ2) is 4.79. The average Bonchev–Trinajstić information content (AvgIpc) is 2.39. The fourth-order valence-electron chi connectivity index (χ4n) is 1.81. The number of nitro benzene ring substituents is 1. The molecule has 0 saturated heterocycles. The molecule has 0 unspecified atom stereocenters. The molecule has 0 aliphatic rings. The molecule has 2 aromatic carbocycles. The molecular weight excluding hydrogens is 230 g/mol. The first-order valence-corrected chi connectivity index (χ1v) is 5.45. The molecule has 2 aromatic rings. The van der Waals surface area contributed by atoms with Crippen LogP contribution in [0.15, 0.2) is 48.5 Å². The highest BCUT2D eigenvalue weighted by Crippen LogP contribution is 2.23. The number of nitro groups is 1. The van der Waals surface area contributed by atoms with Crippen molar-refractivity contribution in [2.75, 3.05) is 0 Å². The summed E-state index contributed by atoms with van der Waals surface area (Å²) in [4.78, 5) is 22.6. The molecule has 0 amide bonds. The normalized spacial score (nSPS) is 10.1. The smallest absolute Gasteiger partial charge is 0.273 e. The summed E-state index contributed by atoms with van der Waals surface area (Å²) in [7, 11) is 0. The van der Waals surface area contributed by atoms with Crippen molar-refractivity contribution in [3.8, 4) is 0 Å². The third kappa shape index (κ3) is 2.13. The van der Waals surface area contributed by atoms with Crippen molar-refractivity contribution in [3.05, 3.63) is 75.3 Å². The van der Waals surface area contributed by atoms with E-state index in [9.17, 15) is 14.9 Å². The zero-order valence-electron chi connectivity index (χ0n) is 9.79. The maximum Gasteiger partial charge on any atom is 0.273 e. The maximum atomic E-state index is 12.2. The van der Waals surface area contributed by atoms with Gasteiger partial charge in [0.1, 0.15) is 0 Å². The van der Waals surface area contributed by atoms with Crippen LogP contribution in [-0.4, -0.2) is 10.7 Å². The van der Waals surface area contributed by atoms with Crippen LogP contribution >= 0.6 is 0 Å². The fourth-order valence-corrected chi connectivity index (χ4v) is 1.81. The van der Waals surface area contributed by atoms with Crippen LogP contribution in [0.1, 0.15) is 21.5 Å². The van der Waals surface area contributed by atoms with Crippen molar-refractivity contribution >= 4 is 11.5 Å². The fraction of sp³-hybridized carbons (Fsp3) is 0.0714.